The van der Waals surface area contributed by atoms with Crippen molar-refractivity contribution < 1.29 is 23.8 Å². The molecule has 0 fully saturated rings. The van der Waals surface area contributed by atoms with Gasteiger partial charge in [-0.2, -0.15) is 0 Å². The summed E-state index contributed by atoms with van der Waals surface area (Å²) >= 11 is 11.3. The van der Waals surface area contributed by atoms with Gasteiger partial charge in [-0.1, -0.05) is 42.0 Å². The number of esters is 2. The average Bonchev–Trinajstić information content (AvgIpc) is 2.67. The molecule has 7 nitrogen and oxygen atoms in total. The number of carbonyl (C=O) groups is 2. The van der Waals surface area contributed by atoms with Crippen LogP contribution in [0.4, 0.5) is 0 Å². The summed E-state index contributed by atoms with van der Waals surface area (Å²) in [6.45, 7) is 3.63. The summed E-state index contributed by atoms with van der Waals surface area (Å²) < 4.78 is 15.7. The van der Waals surface area contributed by atoms with Gasteiger partial charge in [0.25, 0.3) is 0 Å². The SMILES string of the molecule is CCOC(=O)C1=C(COCC(N)=S)NC(C)=C(C(=O)OC)C1c1ccccc1Cl. The van der Waals surface area contributed by atoms with Crippen LogP contribution in [-0.4, -0.2) is 43.9 Å². The van der Waals surface area contributed by atoms with Gasteiger partial charge in [-0.05, 0) is 25.5 Å². The fraction of sp³-hybridized carbons (Fsp3) is 0.350. The lowest BCUT2D eigenvalue weighted by atomic mass is 9.80. The van der Waals surface area contributed by atoms with E-state index in [0.29, 0.717) is 22.0 Å². The van der Waals surface area contributed by atoms with Crippen molar-refractivity contribution in [3.8, 4) is 0 Å². The van der Waals surface area contributed by atoms with Gasteiger partial charge in [-0.25, -0.2) is 9.59 Å². The van der Waals surface area contributed by atoms with Crippen molar-refractivity contribution in [1.82, 2.24) is 5.32 Å². The molecule has 0 saturated heterocycles. The van der Waals surface area contributed by atoms with Crippen molar-refractivity contribution in [2.24, 2.45) is 5.73 Å². The zero-order valence-electron chi connectivity index (χ0n) is 16.4. The molecule has 1 heterocycles. The molecule has 1 atom stereocenters. The summed E-state index contributed by atoms with van der Waals surface area (Å²) in [4.78, 5) is 25.7. The molecule has 0 aliphatic carbocycles. The quantitative estimate of drug-likeness (QED) is 0.472. The first-order valence-electron chi connectivity index (χ1n) is 8.88. The Morgan fingerprint density at radius 1 is 1.24 bits per heavy atom. The average molecular weight is 439 g/mol. The van der Waals surface area contributed by atoms with Crippen LogP contribution in [0.2, 0.25) is 5.02 Å². The van der Waals surface area contributed by atoms with E-state index in [9.17, 15) is 9.59 Å². The molecular weight excluding hydrogens is 416 g/mol. The smallest absolute Gasteiger partial charge is 0.336 e. The molecule has 156 valence electrons. The molecule has 29 heavy (non-hydrogen) atoms. The minimum absolute atomic E-state index is 0.0121. The van der Waals surface area contributed by atoms with Gasteiger partial charge in [0.05, 0.1) is 54.7 Å². The van der Waals surface area contributed by atoms with Crippen molar-refractivity contribution in [3.63, 3.8) is 0 Å². The Morgan fingerprint density at radius 3 is 2.52 bits per heavy atom. The van der Waals surface area contributed by atoms with E-state index in [4.69, 9.17) is 43.8 Å². The number of dihydropyridines is 1. The van der Waals surface area contributed by atoms with Crippen molar-refractivity contribution in [2.75, 3.05) is 26.9 Å². The number of halogens is 1. The third-order valence-corrected chi connectivity index (χ3v) is 4.71. The van der Waals surface area contributed by atoms with E-state index in [1.54, 1.807) is 38.1 Å². The Morgan fingerprint density at radius 2 is 1.93 bits per heavy atom. The predicted octanol–water partition coefficient (Wildman–Crippen LogP) is 2.59. The van der Waals surface area contributed by atoms with Crippen LogP contribution in [-0.2, 0) is 23.8 Å². The van der Waals surface area contributed by atoms with Gasteiger partial charge in [0.2, 0.25) is 0 Å². The van der Waals surface area contributed by atoms with Crippen LogP contribution in [0.25, 0.3) is 0 Å². The number of methoxy groups -OCH3 is 1. The van der Waals surface area contributed by atoms with Gasteiger partial charge in [0, 0.05) is 10.7 Å². The number of benzene rings is 1. The van der Waals surface area contributed by atoms with Crippen LogP contribution in [0, 0.1) is 0 Å². The third-order valence-electron chi connectivity index (χ3n) is 4.25. The fourth-order valence-corrected chi connectivity index (χ4v) is 3.44. The Bertz CT molecular complexity index is 881. The molecule has 1 unspecified atom stereocenters. The highest BCUT2D eigenvalue weighted by molar-refractivity contribution is 7.80. The Kier molecular flexibility index (Phi) is 8.19. The zero-order chi connectivity index (χ0) is 21.6. The molecule has 1 aromatic rings. The van der Waals surface area contributed by atoms with E-state index in [2.05, 4.69) is 5.32 Å². The lowest BCUT2D eigenvalue weighted by molar-refractivity contribution is -0.139. The highest BCUT2D eigenvalue weighted by Gasteiger charge is 2.39. The number of carbonyl (C=O) groups excluding carboxylic acids is 2. The van der Waals surface area contributed by atoms with Crippen molar-refractivity contribution in [1.29, 1.82) is 0 Å². The van der Waals surface area contributed by atoms with E-state index in [0.717, 1.165) is 0 Å². The molecule has 0 bridgehead atoms. The van der Waals surface area contributed by atoms with Crippen molar-refractivity contribution in [2.45, 2.75) is 19.8 Å². The second-order valence-electron chi connectivity index (χ2n) is 6.18. The Labute approximate surface area is 179 Å². The normalized spacial score (nSPS) is 16.3. The molecule has 1 aliphatic rings. The number of rotatable bonds is 8. The molecule has 0 spiro atoms. The van der Waals surface area contributed by atoms with Crippen LogP contribution in [0.3, 0.4) is 0 Å². The molecular formula is C20H23ClN2O5S. The predicted molar refractivity (Wildman–Crippen MR) is 113 cm³/mol. The van der Waals surface area contributed by atoms with Crippen molar-refractivity contribution >= 4 is 40.7 Å². The molecule has 2 rings (SSSR count). The largest absolute Gasteiger partial charge is 0.466 e. The van der Waals surface area contributed by atoms with E-state index in [1.807, 2.05) is 0 Å². The van der Waals surface area contributed by atoms with Crippen LogP contribution in [0.5, 0.6) is 0 Å². The summed E-state index contributed by atoms with van der Waals surface area (Å²) in [7, 11) is 1.28. The van der Waals surface area contributed by atoms with Gasteiger partial charge in [-0.3, -0.25) is 0 Å². The molecule has 0 aromatic heterocycles. The lowest BCUT2D eigenvalue weighted by Crippen LogP contribution is -2.35. The third kappa shape index (κ3) is 5.35. The Balaban J connectivity index is 2.66. The van der Waals surface area contributed by atoms with Gasteiger partial charge in [-0.15, -0.1) is 0 Å². The number of thiocarbonyl (C=S) groups is 1. The fourth-order valence-electron chi connectivity index (χ4n) is 3.11. The second kappa shape index (κ2) is 10.4. The molecule has 3 N–H and O–H groups in total. The van der Waals surface area contributed by atoms with E-state index < -0.39 is 17.9 Å². The maximum absolute atomic E-state index is 12.9. The zero-order valence-corrected chi connectivity index (χ0v) is 18.0. The maximum Gasteiger partial charge on any atom is 0.336 e. The summed E-state index contributed by atoms with van der Waals surface area (Å²) in [5.74, 6) is -1.96. The van der Waals surface area contributed by atoms with Crippen LogP contribution in [0.15, 0.2) is 46.8 Å². The second-order valence-corrected chi connectivity index (χ2v) is 7.11. The number of allylic oxidation sites excluding steroid dienone is 1. The molecule has 1 aliphatic heterocycles. The molecule has 0 amide bonds. The first kappa shape index (κ1) is 22.9. The van der Waals surface area contributed by atoms with Gasteiger partial charge in [0.15, 0.2) is 0 Å². The van der Waals surface area contributed by atoms with E-state index >= 15 is 0 Å². The van der Waals surface area contributed by atoms with E-state index in [1.165, 1.54) is 7.11 Å². The highest BCUT2D eigenvalue weighted by atomic mass is 35.5. The summed E-state index contributed by atoms with van der Waals surface area (Å²) in [6.07, 6.45) is 0. The Hall–Kier alpha value is -2.42. The standard InChI is InChI=1S/C20H23ClN2O5S/c1-4-28-20(25)18-14(9-27-10-15(22)29)23-11(2)16(19(24)26-3)17(18)12-7-5-6-8-13(12)21/h5-8,17,23H,4,9-10H2,1-3H3,(H2,22,29). The van der Waals surface area contributed by atoms with Crippen LogP contribution in [0.1, 0.15) is 25.3 Å². The number of hydrogen-bond donors (Lipinski definition) is 2. The molecule has 9 heteroatoms. The minimum Gasteiger partial charge on any atom is -0.466 e. The number of ether oxygens (including phenoxy) is 3. The van der Waals surface area contributed by atoms with Gasteiger partial charge >= 0.3 is 11.9 Å². The van der Waals surface area contributed by atoms with Crippen LogP contribution >= 0.6 is 23.8 Å². The monoisotopic (exact) mass is 438 g/mol. The summed E-state index contributed by atoms with van der Waals surface area (Å²) in [5, 5.41) is 3.47. The van der Waals surface area contributed by atoms with Gasteiger partial charge < -0.3 is 25.3 Å². The van der Waals surface area contributed by atoms with E-state index in [-0.39, 0.29) is 36.0 Å². The molecule has 0 radical (unpaired) electrons. The molecule has 1 aromatic carbocycles. The molecule has 0 saturated carbocycles. The first-order valence-corrected chi connectivity index (χ1v) is 9.67. The number of hydrogen-bond acceptors (Lipinski definition) is 7. The summed E-state index contributed by atoms with van der Waals surface area (Å²) in [6, 6.07) is 6.98. The lowest BCUT2D eigenvalue weighted by Gasteiger charge is -2.31. The summed E-state index contributed by atoms with van der Waals surface area (Å²) in [5.41, 5.74) is 7.50. The minimum atomic E-state index is -0.792. The van der Waals surface area contributed by atoms with Gasteiger partial charge in [0.1, 0.15) is 0 Å². The highest BCUT2D eigenvalue weighted by Crippen LogP contribution is 2.41. The maximum atomic E-state index is 12.9. The van der Waals surface area contributed by atoms with Crippen molar-refractivity contribution in [3.05, 3.63) is 57.4 Å². The first-order chi connectivity index (χ1) is 13.8. The number of nitrogens with one attached hydrogen (secondary N) is 1. The number of nitrogens with two attached hydrogens (primary N) is 1. The van der Waals surface area contributed by atoms with Crippen LogP contribution < -0.4 is 11.1 Å². The topological polar surface area (TPSA) is 99.9 Å².